The van der Waals surface area contributed by atoms with Gasteiger partial charge in [0.05, 0.1) is 5.60 Å². The molecule has 0 saturated heterocycles. The molecule has 5 atom stereocenters. The SMILES string of the molecule is C=C1CCC([C@H](C)CC(C)C)[C@]2(C)CC[C@@H](C(C)(C)O)C[C@@H]12. The minimum absolute atomic E-state index is 0.408. The van der Waals surface area contributed by atoms with E-state index in [2.05, 4.69) is 34.3 Å². The molecule has 2 aliphatic rings. The maximum Gasteiger partial charge on any atom is 0.0620 e. The van der Waals surface area contributed by atoms with Crippen LogP contribution in [0.25, 0.3) is 0 Å². The predicted molar refractivity (Wildman–Crippen MR) is 95.7 cm³/mol. The lowest BCUT2D eigenvalue weighted by molar-refractivity contribution is -0.0704. The number of fused-ring (bicyclic) bond motifs is 1. The van der Waals surface area contributed by atoms with Crippen molar-refractivity contribution in [2.75, 3.05) is 0 Å². The molecule has 0 bridgehead atoms. The maximum atomic E-state index is 10.5. The molecule has 0 aromatic rings. The van der Waals surface area contributed by atoms with Crippen molar-refractivity contribution in [3.05, 3.63) is 12.2 Å². The van der Waals surface area contributed by atoms with E-state index in [1.807, 2.05) is 13.8 Å². The van der Waals surface area contributed by atoms with E-state index in [9.17, 15) is 5.11 Å². The third-order valence-corrected chi connectivity index (χ3v) is 6.99. The largest absolute Gasteiger partial charge is 0.390 e. The first kappa shape index (κ1) is 18.0. The van der Waals surface area contributed by atoms with Crippen LogP contribution >= 0.6 is 0 Å². The summed E-state index contributed by atoms with van der Waals surface area (Å²) in [5.41, 5.74) is 1.33. The van der Waals surface area contributed by atoms with Gasteiger partial charge in [-0.3, -0.25) is 0 Å². The average Bonchev–Trinajstić information content (AvgIpc) is 2.36. The zero-order chi connectivity index (χ0) is 16.7. The van der Waals surface area contributed by atoms with E-state index >= 15 is 0 Å². The van der Waals surface area contributed by atoms with Crippen LogP contribution < -0.4 is 0 Å². The van der Waals surface area contributed by atoms with E-state index in [0.29, 0.717) is 17.3 Å². The number of hydrogen-bond acceptors (Lipinski definition) is 1. The Labute approximate surface area is 138 Å². The second-order valence-corrected chi connectivity index (χ2v) is 9.59. The summed E-state index contributed by atoms with van der Waals surface area (Å²) in [5.74, 6) is 3.47. The van der Waals surface area contributed by atoms with E-state index in [0.717, 1.165) is 24.2 Å². The van der Waals surface area contributed by atoms with Crippen LogP contribution in [0.1, 0.15) is 80.1 Å². The van der Waals surface area contributed by atoms with Gasteiger partial charge in [0.15, 0.2) is 0 Å². The Morgan fingerprint density at radius 3 is 2.45 bits per heavy atom. The summed E-state index contributed by atoms with van der Waals surface area (Å²) < 4.78 is 0. The van der Waals surface area contributed by atoms with Gasteiger partial charge < -0.3 is 5.11 Å². The Balaban J connectivity index is 2.20. The maximum absolute atomic E-state index is 10.5. The van der Waals surface area contributed by atoms with E-state index in [1.54, 1.807) is 0 Å². The molecule has 2 rings (SSSR count). The number of rotatable bonds is 4. The molecular weight excluding hydrogens is 268 g/mol. The molecule has 22 heavy (non-hydrogen) atoms. The summed E-state index contributed by atoms with van der Waals surface area (Å²) in [5, 5.41) is 10.5. The van der Waals surface area contributed by atoms with E-state index in [-0.39, 0.29) is 0 Å². The second-order valence-electron chi connectivity index (χ2n) is 9.59. The molecule has 2 aliphatic carbocycles. The van der Waals surface area contributed by atoms with Crippen molar-refractivity contribution in [3.8, 4) is 0 Å². The summed E-state index contributed by atoms with van der Waals surface area (Å²) in [6, 6.07) is 0. The van der Waals surface area contributed by atoms with Gasteiger partial charge in [-0.1, -0.05) is 39.8 Å². The van der Waals surface area contributed by atoms with Crippen LogP contribution in [-0.2, 0) is 0 Å². The lowest BCUT2D eigenvalue weighted by Gasteiger charge is -2.56. The van der Waals surface area contributed by atoms with Crippen LogP contribution in [0.5, 0.6) is 0 Å². The van der Waals surface area contributed by atoms with Crippen LogP contribution in [-0.4, -0.2) is 10.7 Å². The van der Waals surface area contributed by atoms with Gasteiger partial charge in [0.1, 0.15) is 0 Å². The second kappa shape index (κ2) is 6.30. The van der Waals surface area contributed by atoms with Crippen molar-refractivity contribution in [1.29, 1.82) is 0 Å². The van der Waals surface area contributed by atoms with Crippen LogP contribution in [0.4, 0.5) is 0 Å². The number of aliphatic hydroxyl groups is 1. The van der Waals surface area contributed by atoms with Crippen LogP contribution in [0.3, 0.4) is 0 Å². The van der Waals surface area contributed by atoms with Crippen molar-refractivity contribution in [2.24, 2.45) is 35.0 Å². The summed E-state index contributed by atoms with van der Waals surface area (Å²) in [6.45, 7) is 18.1. The van der Waals surface area contributed by atoms with Crippen LogP contribution in [0.2, 0.25) is 0 Å². The van der Waals surface area contributed by atoms with Crippen molar-refractivity contribution in [2.45, 2.75) is 85.7 Å². The van der Waals surface area contributed by atoms with Gasteiger partial charge in [-0.05, 0) is 87.4 Å². The molecule has 0 aromatic carbocycles. The fraction of sp³-hybridized carbons (Fsp3) is 0.905. The van der Waals surface area contributed by atoms with Crippen molar-refractivity contribution in [1.82, 2.24) is 0 Å². The highest BCUT2D eigenvalue weighted by Gasteiger charge is 2.51. The number of allylic oxidation sites excluding steroid dienone is 1. The Hall–Kier alpha value is -0.300. The zero-order valence-electron chi connectivity index (χ0n) is 15.8. The fourth-order valence-electron chi connectivity index (χ4n) is 5.74. The molecule has 0 aromatic heterocycles. The highest BCUT2D eigenvalue weighted by Crippen LogP contribution is 2.59. The van der Waals surface area contributed by atoms with Crippen molar-refractivity contribution in [3.63, 3.8) is 0 Å². The smallest absolute Gasteiger partial charge is 0.0620 e. The van der Waals surface area contributed by atoms with Gasteiger partial charge in [0.25, 0.3) is 0 Å². The Morgan fingerprint density at radius 2 is 1.91 bits per heavy atom. The highest BCUT2D eigenvalue weighted by atomic mass is 16.3. The van der Waals surface area contributed by atoms with E-state index in [4.69, 9.17) is 0 Å². The monoisotopic (exact) mass is 306 g/mol. The van der Waals surface area contributed by atoms with Crippen molar-refractivity contribution < 1.29 is 5.11 Å². The minimum Gasteiger partial charge on any atom is -0.390 e. The van der Waals surface area contributed by atoms with Gasteiger partial charge in [0, 0.05) is 0 Å². The summed E-state index contributed by atoms with van der Waals surface area (Å²) in [6.07, 6.45) is 7.45. The molecule has 0 radical (unpaired) electrons. The molecule has 1 N–H and O–H groups in total. The third kappa shape index (κ3) is 3.45. The normalized spacial score (nSPS) is 38.0. The summed E-state index contributed by atoms with van der Waals surface area (Å²) in [7, 11) is 0. The molecule has 1 heteroatoms. The molecular formula is C21H38O. The Kier molecular flexibility index (Phi) is 5.17. The first-order valence-corrected chi connectivity index (χ1v) is 9.45. The Morgan fingerprint density at radius 1 is 1.27 bits per heavy atom. The lowest BCUT2D eigenvalue weighted by atomic mass is 9.49. The Bertz CT molecular complexity index is 403. The molecule has 1 unspecified atom stereocenters. The fourth-order valence-corrected chi connectivity index (χ4v) is 5.74. The van der Waals surface area contributed by atoms with Crippen LogP contribution in [0.15, 0.2) is 12.2 Å². The first-order chi connectivity index (χ1) is 10.1. The van der Waals surface area contributed by atoms with Gasteiger partial charge in [-0.25, -0.2) is 0 Å². The van der Waals surface area contributed by atoms with Crippen LogP contribution in [0, 0.1) is 35.0 Å². The molecule has 2 fully saturated rings. The highest BCUT2D eigenvalue weighted by molar-refractivity contribution is 5.15. The predicted octanol–water partition coefficient (Wildman–Crippen LogP) is 5.83. The minimum atomic E-state index is -0.544. The molecule has 128 valence electrons. The van der Waals surface area contributed by atoms with Gasteiger partial charge in [-0.2, -0.15) is 0 Å². The molecule has 0 aliphatic heterocycles. The van der Waals surface area contributed by atoms with Gasteiger partial charge in [-0.15, -0.1) is 0 Å². The summed E-state index contributed by atoms with van der Waals surface area (Å²) in [4.78, 5) is 0. The quantitative estimate of drug-likeness (QED) is 0.648. The molecule has 1 nitrogen and oxygen atoms in total. The summed E-state index contributed by atoms with van der Waals surface area (Å²) >= 11 is 0. The van der Waals surface area contributed by atoms with Crippen molar-refractivity contribution >= 4 is 0 Å². The topological polar surface area (TPSA) is 20.2 Å². The molecule has 0 amide bonds. The van der Waals surface area contributed by atoms with Gasteiger partial charge >= 0.3 is 0 Å². The standard InChI is InChI=1S/C21H38O/c1-14(2)12-16(4)18-9-8-15(3)19-13-17(20(5,6)22)10-11-21(18,19)7/h14,16-19,22H,3,8-13H2,1-2,4-7H3/t16-,17-,18?,19+,21+/m1/s1. The molecule has 0 spiro atoms. The van der Waals surface area contributed by atoms with E-state index in [1.165, 1.54) is 37.7 Å². The lowest BCUT2D eigenvalue weighted by Crippen LogP contribution is -2.49. The zero-order valence-corrected chi connectivity index (χ0v) is 15.8. The molecule has 2 saturated carbocycles. The number of hydrogen-bond donors (Lipinski definition) is 1. The van der Waals surface area contributed by atoms with Gasteiger partial charge in [0.2, 0.25) is 0 Å². The van der Waals surface area contributed by atoms with E-state index < -0.39 is 5.60 Å². The average molecular weight is 307 g/mol. The third-order valence-electron chi connectivity index (χ3n) is 6.99. The first-order valence-electron chi connectivity index (χ1n) is 9.45. The molecule has 0 heterocycles.